The van der Waals surface area contributed by atoms with Crippen molar-refractivity contribution in [3.8, 4) is 0 Å². The van der Waals surface area contributed by atoms with Gasteiger partial charge in [-0.1, -0.05) is 37.6 Å². The Morgan fingerprint density at radius 1 is 1.12 bits per heavy atom. The Bertz CT molecular complexity index is 998. The zero-order valence-electron chi connectivity index (χ0n) is 22.3. The van der Waals surface area contributed by atoms with Crippen molar-refractivity contribution in [2.24, 2.45) is 11.8 Å². The van der Waals surface area contributed by atoms with Gasteiger partial charge in [0.2, 0.25) is 0 Å². The van der Waals surface area contributed by atoms with Crippen molar-refractivity contribution in [3.63, 3.8) is 0 Å². The lowest BCUT2D eigenvalue weighted by Gasteiger charge is -2.36. The van der Waals surface area contributed by atoms with E-state index in [-0.39, 0.29) is 11.8 Å². The molecule has 186 valence electrons. The highest BCUT2D eigenvalue weighted by atomic mass is 16.1. The van der Waals surface area contributed by atoms with Gasteiger partial charge in [0.05, 0.1) is 6.04 Å². The number of carbonyl (C=O) groups is 1. The van der Waals surface area contributed by atoms with E-state index in [1.807, 2.05) is 0 Å². The van der Waals surface area contributed by atoms with Gasteiger partial charge in [-0.3, -0.25) is 9.69 Å². The van der Waals surface area contributed by atoms with Gasteiger partial charge in [-0.05, 0) is 89.8 Å². The molecule has 1 heterocycles. The first-order valence-corrected chi connectivity index (χ1v) is 13.4. The van der Waals surface area contributed by atoms with Crippen molar-refractivity contribution in [3.05, 3.63) is 46.5 Å². The number of hydrogen-bond donors (Lipinski definition) is 0. The maximum atomic E-state index is 13.3. The van der Waals surface area contributed by atoms with Crippen molar-refractivity contribution < 1.29 is 4.79 Å². The number of Topliss-reactive ketones (excluding diaryl/α,β-unsaturated/α-hetero) is 1. The van der Waals surface area contributed by atoms with Crippen molar-refractivity contribution in [2.75, 3.05) is 7.05 Å². The molecule has 0 N–H and O–H groups in total. The second kappa shape index (κ2) is 10.3. The zero-order valence-corrected chi connectivity index (χ0v) is 22.3. The van der Waals surface area contributed by atoms with Crippen LogP contribution in [0.1, 0.15) is 113 Å². The molecule has 0 aliphatic heterocycles. The van der Waals surface area contributed by atoms with Crippen LogP contribution in [0.15, 0.2) is 18.2 Å². The van der Waals surface area contributed by atoms with Crippen molar-refractivity contribution in [1.29, 1.82) is 0 Å². The molecule has 0 spiro atoms. The Balaban J connectivity index is 1.55. The third kappa shape index (κ3) is 5.62. The fourth-order valence-corrected chi connectivity index (χ4v) is 5.66. The van der Waals surface area contributed by atoms with Gasteiger partial charge in [0.15, 0.2) is 5.82 Å². The first kappa shape index (κ1) is 25.1. The smallest absolute Gasteiger partial charge is 0.151 e. The highest BCUT2D eigenvalue weighted by Crippen LogP contribution is 2.48. The number of aryl methyl sites for hydroxylation is 2. The maximum Gasteiger partial charge on any atom is 0.151 e. The summed E-state index contributed by atoms with van der Waals surface area (Å²) in [4.78, 5) is 15.6. The monoisotopic (exact) mass is 464 g/mol. The average molecular weight is 465 g/mol. The molecule has 5 nitrogen and oxygen atoms in total. The normalized spacial score (nSPS) is 21.4. The van der Waals surface area contributed by atoms with E-state index in [1.165, 1.54) is 49.1 Å². The number of nitrogens with zero attached hydrogens (tertiary/aromatic N) is 4. The number of hydrogen-bond acceptors (Lipinski definition) is 4. The minimum Gasteiger partial charge on any atom is -0.310 e. The van der Waals surface area contributed by atoms with Gasteiger partial charge in [-0.2, -0.15) is 0 Å². The van der Waals surface area contributed by atoms with E-state index in [0.717, 1.165) is 23.2 Å². The summed E-state index contributed by atoms with van der Waals surface area (Å²) in [5, 5.41) is 9.54. The van der Waals surface area contributed by atoms with E-state index in [4.69, 9.17) is 10.2 Å². The lowest BCUT2D eigenvalue weighted by Crippen LogP contribution is -2.35. The van der Waals surface area contributed by atoms with Crippen LogP contribution in [0.5, 0.6) is 0 Å². The molecule has 2 fully saturated rings. The van der Waals surface area contributed by atoms with Crippen LogP contribution < -0.4 is 0 Å². The number of ketones is 1. The van der Waals surface area contributed by atoms with Crippen LogP contribution in [0.2, 0.25) is 0 Å². The molecule has 1 aromatic carbocycles. The van der Waals surface area contributed by atoms with Crippen LogP contribution in [-0.2, 0) is 11.2 Å². The van der Waals surface area contributed by atoms with Gasteiger partial charge in [-0.25, -0.2) is 0 Å². The third-order valence-electron chi connectivity index (χ3n) is 7.98. The molecular weight excluding hydrogens is 420 g/mol. The van der Waals surface area contributed by atoms with Crippen LogP contribution in [0, 0.1) is 25.7 Å². The number of carbonyl (C=O) groups excluding carboxylic acids is 1. The summed E-state index contributed by atoms with van der Waals surface area (Å²) >= 11 is 0. The quantitative estimate of drug-likeness (QED) is 0.389. The molecule has 2 saturated carbocycles. The van der Waals surface area contributed by atoms with E-state index in [2.05, 4.69) is 76.3 Å². The number of rotatable bonds is 11. The molecule has 0 bridgehead atoms. The van der Waals surface area contributed by atoms with Crippen LogP contribution in [0.3, 0.4) is 0 Å². The molecule has 2 aliphatic rings. The topological polar surface area (TPSA) is 51.0 Å². The van der Waals surface area contributed by atoms with Gasteiger partial charge in [0, 0.05) is 30.8 Å². The van der Waals surface area contributed by atoms with E-state index in [0.29, 0.717) is 30.8 Å². The number of benzene rings is 1. The zero-order chi connectivity index (χ0) is 24.6. The number of aromatic nitrogens is 3. The highest BCUT2D eigenvalue weighted by molar-refractivity contribution is 5.81. The largest absolute Gasteiger partial charge is 0.310 e. The predicted octanol–water partition coefficient (Wildman–Crippen LogP) is 6.35. The summed E-state index contributed by atoms with van der Waals surface area (Å²) in [5.74, 6) is 4.58. The van der Waals surface area contributed by atoms with Crippen LogP contribution in [-0.4, -0.2) is 38.5 Å². The second-order valence-corrected chi connectivity index (χ2v) is 11.8. The lowest BCUT2D eigenvalue weighted by atomic mass is 9.71. The molecule has 0 unspecified atom stereocenters. The summed E-state index contributed by atoms with van der Waals surface area (Å²) in [6, 6.07) is 7.19. The van der Waals surface area contributed by atoms with Crippen LogP contribution in [0.4, 0.5) is 0 Å². The molecule has 5 heteroatoms. The Morgan fingerprint density at radius 3 is 2.41 bits per heavy atom. The third-order valence-corrected chi connectivity index (χ3v) is 7.98. The fraction of sp³-hybridized carbons (Fsp3) is 0.690. The Kier molecular flexibility index (Phi) is 7.61. The minimum absolute atomic E-state index is 0.0355. The molecule has 1 aromatic heterocycles. The molecule has 4 rings (SSSR count). The molecule has 1 atom stereocenters. The second-order valence-electron chi connectivity index (χ2n) is 11.8. The van der Waals surface area contributed by atoms with E-state index in [1.54, 1.807) is 0 Å². The van der Waals surface area contributed by atoms with Crippen molar-refractivity contribution in [2.45, 2.75) is 111 Å². The van der Waals surface area contributed by atoms with Gasteiger partial charge >= 0.3 is 0 Å². The first-order valence-electron chi connectivity index (χ1n) is 13.4. The van der Waals surface area contributed by atoms with Crippen molar-refractivity contribution in [1.82, 2.24) is 19.7 Å². The average Bonchev–Trinajstić information content (AvgIpc) is 3.49. The molecule has 2 aliphatic carbocycles. The minimum atomic E-state index is -0.0355. The first-order chi connectivity index (χ1) is 16.1. The van der Waals surface area contributed by atoms with Gasteiger partial charge in [0.25, 0.3) is 0 Å². The summed E-state index contributed by atoms with van der Waals surface area (Å²) in [7, 11) is 2.13. The molecular formula is C29H44N4O. The molecule has 2 aromatic rings. The van der Waals surface area contributed by atoms with E-state index in [9.17, 15) is 4.79 Å². The Labute approximate surface area is 206 Å². The Morgan fingerprint density at radius 2 is 1.82 bits per heavy atom. The van der Waals surface area contributed by atoms with Crippen LogP contribution >= 0.6 is 0 Å². The van der Waals surface area contributed by atoms with Gasteiger partial charge in [-0.15, -0.1) is 10.2 Å². The fourth-order valence-electron chi connectivity index (χ4n) is 5.66. The highest BCUT2D eigenvalue weighted by Gasteiger charge is 2.40. The summed E-state index contributed by atoms with van der Waals surface area (Å²) in [6.07, 6.45) is 7.15. The molecule has 0 radical (unpaired) electrons. The standard InChI is InChI=1S/C29H44N4O/c1-18(2)12-22-14-24(15-22)28-30-31-29(33(28)25-10-11-25)27(32(7)19(3)4)17-26(34)16-23-9-8-20(5)13-21(23)6/h8-9,13,18-19,22,24-25,27H,10-12,14-17H2,1-7H3/t22?,24?,27-/m0/s1. The summed E-state index contributed by atoms with van der Waals surface area (Å²) in [5.41, 5.74) is 3.57. The molecule has 0 saturated heterocycles. The van der Waals surface area contributed by atoms with E-state index >= 15 is 0 Å². The predicted molar refractivity (Wildman–Crippen MR) is 138 cm³/mol. The lowest BCUT2D eigenvalue weighted by molar-refractivity contribution is -0.119. The van der Waals surface area contributed by atoms with Crippen LogP contribution in [0.25, 0.3) is 0 Å². The SMILES string of the molecule is Cc1ccc(CC(=O)C[C@@H](c2nnc(C3CC(CC(C)C)C3)n2C2CC2)N(C)C(C)C)c(C)c1. The molecule has 34 heavy (non-hydrogen) atoms. The van der Waals surface area contributed by atoms with Gasteiger partial charge in [0.1, 0.15) is 11.6 Å². The summed E-state index contributed by atoms with van der Waals surface area (Å²) in [6.45, 7) is 13.2. The molecule has 0 amide bonds. The van der Waals surface area contributed by atoms with Gasteiger partial charge < -0.3 is 4.57 Å². The van der Waals surface area contributed by atoms with Crippen molar-refractivity contribution >= 4 is 5.78 Å². The Hall–Kier alpha value is -2.01. The summed E-state index contributed by atoms with van der Waals surface area (Å²) < 4.78 is 2.45. The van der Waals surface area contributed by atoms with E-state index < -0.39 is 0 Å². The maximum absolute atomic E-state index is 13.3.